The number of carboxylic acid groups (broad SMARTS) is 1. The molecule has 0 saturated heterocycles. The second kappa shape index (κ2) is 7.28. The minimum Gasteiger partial charge on any atom is -0.480 e. The van der Waals surface area contributed by atoms with E-state index in [2.05, 4.69) is 5.32 Å². The van der Waals surface area contributed by atoms with E-state index in [-0.39, 0.29) is 0 Å². The molecule has 116 valence electrons. The lowest BCUT2D eigenvalue weighted by Crippen LogP contribution is -2.55. The highest BCUT2D eigenvalue weighted by Gasteiger charge is 2.35. The van der Waals surface area contributed by atoms with Crippen LogP contribution in [-0.4, -0.2) is 22.7 Å². The first-order chi connectivity index (χ1) is 9.99. The molecule has 0 heterocycles. The van der Waals surface area contributed by atoms with Crippen LogP contribution in [0.15, 0.2) is 24.3 Å². The lowest BCUT2D eigenvalue weighted by Gasteiger charge is -2.31. The fourth-order valence-corrected chi connectivity index (χ4v) is 3.20. The van der Waals surface area contributed by atoms with Gasteiger partial charge in [0.1, 0.15) is 5.54 Å². The smallest absolute Gasteiger partial charge is 0.323 e. The van der Waals surface area contributed by atoms with Gasteiger partial charge in [0.05, 0.1) is 0 Å². The summed E-state index contributed by atoms with van der Waals surface area (Å²) in [5.41, 5.74) is 0.0634. The van der Waals surface area contributed by atoms with Crippen LogP contribution >= 0.6 is 11.6 Å². The van der Waals surface area contributed by atoms with Crippen molar-refractivity contribution < 1.29 is 9.90 Å². The third-order valence-corrected chi connectivity index (χ3v) is 4.57. The van der Waals surface area contributed by atoms with Crippen molar-refractivity contribution in [3.05, 3.63) is 34.9 Å². The maximum absolute atomic E-state index is 11.8. The number of hydrogen-bond donors (Lipinski definition) is 2. The summed E-state index contributed by atoms with van der Waals surface area (Å²) >= 11 is 5.89. The third-order valence-electron chi connectivity index (χ3n) is 4.32. The Balaban J connectivity index is 2.07. The number of aliphatic carboxylic acids is 1. The van der Waals surface area contributed by atoms with Crippen LogP contribution in [0.25, 0.3) is 0 Å². The maximum Gasteiger partial charge on any atom is 0.323 e. The lowest BCUT2D eigenvalue weighted by molar-refractivity contribution is -0.144. The molecule has 0 aromatic heterocycles. The van der Waals surface area contributed by atoms with Gasteiger partial charge in [-0.25, -0.2) is 0 Å². The summed E-state index contributed by atoms with van der Waals surface area (Å²) in [5.74, 6) is -0.790. The van der Waals surface area contributed by atoms with Crippen LogP contribution in [0.2, 0.25) is 5.02 Å². The molecule has 4 heteroatoms. The van der Waals surface area contributed by atoms with Crippen LogP contribution in [-0.2, 0) is 11.2 Å². The van der Waals surface area contributed by atoms with Gasteiger partial charge in [0.25, 0.3) is 0 Å². The minimum atomic E-state index is -0.928. The first-order valence-corrected chi connectivity index (χ1v) is 8.13. The minimum absolute atomic E-state index is 0.306. The number of hydrogen-bond acceptors (Lipinski definition) is 2. The van der Waals surface area contributed by atoms with Gasteiger partial charge in [-0.05, 0) is 37.5 Å². The number of rotatable bonds is 5. The highest BCUT2D eigenvalue weighted by Crippen LogP contribution is 2.22. The molecule has 1 aromatic rings. The van der Waals surface area contributed by atoms with Gasteiger partial charge < -0.3 is 5.11 Å². The van der Waals surface area contributed by atoms with Gasteiger partial charge in [-0.1, -0.05) is 49.4 Å². The van der Waals surface area contributed by atoms with Crippen LogP contribution in [0.1, 0.15) is 51.0 Å². The maximum atomic E-state index is 11.8. The van der Waals surface area contributed by atoms with Crippen molar-refractivity contribution in [3.63, 3.8) is 0 Å². The van der Waals surface area contributed by atoms with E-state index in [1.54, 1.807) is 6.92 Å². The number of carbonyl (C=O) groups is 1. The van der Waals surface area contributed by atoms with Crippen molar-refractivity contribution in [2.75, 3.05) is 0 Å². The average Bonchev–Trinajstić information content (AvgIpc) is 2.70. The summed E-state index contributed by atoms with van der Waals surface area (Å²) in [7, 11) is 0. The average molecular weight is 310 g/mol. The fraction of sp³-hybridized carbons (Fsp3) is 0.588. The van der Waals surface area contributed by atoms with Crippen molar-refractivity contribution in [2.24, 2.45) is 0 Å². The third kappa shape index (κ3) is 4.72. The van der Waals surface area contributed by atoms with Crippen LogP contribution in [0.5, 0.6) is 0 Å². The monoisotopic (exact) mass is 309 g/mol. The standard InChI is InChI=1S/C17H24ClNO2/c1-17(16(20)21,12-13-8-10-14(18)11-9-13)19-15-6-4-2-3-5-7-15/h8-11,15,19H,2-7,12H2,1H3,(H,20,21). The Labute approximate surface area is 131 Å². The van der Waals surface area contributed by atoms with Gasteiger partial charge in [0, 0.05) is 17.5 Å². The summed E-state index contributed by atoms with van der Waals surface area (Å²) < 4.78 is 0. The molecule has 0 aliphatic heterocycles. The summed E-state index contributed by atoms with van der Waals surface area (Å²) in [6, 6.07) is 7.73. The Morgan fingerprint density at radius 1 is 1.24 bits per heavy atom. The summed E-state index contributed by atoms with van der Waals surface area (Å²) in [6.45, 7) is 1.79. The molecule has 21 heavy (non-hydrogen) atoms. The SMILES string of the molecule is CC(Cc1ccc(Cl)cc1)(NC1CCCCCC1)C(=O)O. The van der Waals surface area contributed by atoms with Crippen molar-refractivity contribution >= 4 is 17.6 Å². The van der Waals surface area contributed by atoms with E-state index >= 15 is 0 Å². The van der Waals surface area contributed by atoms with Gasteiger partial charge in [0.15, 0.2) is 0 Å². The fourth-order valence-electron chi connectivity index (χ4n) is 3.07. The quantitative estimate of drug-likeness (QED) is 0.807. The van der Waals surface area contributed by atoms with Crippen LogP contribution < -0.4 is 5.32 Å². The zero-order valence-electron chi connectivity index (χ0n) is 12.6. The molecule has 0 amide bonds. The predicted octanol–water partition coefficient (Wildman–Crippen LogP) is 4.04. The number of carboxylic acids is 1. The number of benzene rings is 1. The summed E-state index contributed by atoms with van der Waals surface area (Å²) in [6.07, 6.45) is 7.52. The molecule has 0 bridgehead atoms. The molecular weight excluding hydrogens is 286 g/mol. The Hall–Kier alpha value is -1.06. The second-order valence-corrected chi connectivity index (χ2v) is 6.71. The molecule has 1 aliphatic carbocycles. The molecule has 0 radical (unpaired) electrons. The number of halogens is 1. The van der Waals surface area contributed by atoms with Crippen LogP contribution in [0.3, 0.4) is 0 Å². The normalized spacial score (nSPS) is 19.7. The molecule has 1 saturated carbocycles. The summed E-state index contributed by atoms with van der Waals surface area (Å²) in [5, 5.41) is 13.7. The van der Waals surface area contributed by atoms with E-state index < -0.39 is 11.5 Å². The van der Waals surface area contributed by atoms with E-state index in [0.717, 1.165) is 18.4 Å². The van der Waals surface area contributed by atoms with Crippen LogP contribution in [0.4, 0.5) is 0 Å². The summed E-state index contributed by atoms with van der Waals surface area (Å²) in [4.78, 5) is 11.8. The zero-order valence-corrected chi connectivity index (χ0v) is 13.3. The lowest BCUT2D eigenvalue weighted by atomic mass is 9.91. The Morgan fingerprint density at radius 3 is 2.33 bits per heavy atom. The first-order valence-electron chi connectivity index (χ1n) is 7.75. The van der Waals surface area contributed by atoms with Crippen LogP contribution in [0, 0.1) is 0 Å². The molecule has 1 aliphatic rings. The van der Waals surface area contributed by atoms with E-state index in [1.165, 1.54) is 25.7 Å². The van der Waals surface area contributed by atoms with Crippen molar-refractivity contribution in [1.82, 2.24) is 5.32 Å². The molecule has 0 spiro atoms. The van der Waals surface area contributed by atoms with Gasteiger partial charge in [-0.15, -0.1) is 0 Å². The molecule has 1 atom stereocenters. The molecule has 3 nitrogen and oxygen atoms in total. The largest absolute Gasteiger partial charge is 0.480 e. The predicted molar refractivity (Wildman–Crippen MR) is 85.8 cm³/mol. The van der Waals surface area contributed by atoms with Gasteiger partial charge in [-0.3, -0.25) is 10.1 Å². The molecule has 1 fully saturated rings. The van der Waals surface area contributed by atoms with Crippen molar-refractivity contribution in [3.8, 4) is 0 Å². The molecule has 1 aromatic carbocycles. The zero-order chi connectivity index (χ0) is 15.3. The van der Waals surface area contributed by atoms with Crippen molar-refractivity contribution in [2.45, 2.75) is 63.5 Å². The topological polar surface area (TPSA) is 49.3 Å². The van der Waals surface area contributed by atoms with E-state index in [1.807, 2.05) is 24.3 Å². The highest BCUT2D eigenvalue weighted by molar-refractivity contribution is 6.30. The van der Waals surface area contributed by atoms with E-state index in [9.17, 15) is 9.90 Å². The second-order valence-electron chi connectivity index (χ2n) is 6.27. The first kappa shape index (κ1) is 16.3. The molecular formula is C17H24ClNO2. The molecule has 2 rings (SSSR count). The Bertz CT molecular complexity index is 466. The van der Waals surface area contributed by atoms with Gasteiger partial charge >= 0.3 is 5.97 Å². The van der Waals surface area contributed by atoms with Gasteiger partial charge in [0.2, 0.25) is 0 Å². The van der Waals surface area contributed by atoms with E-state index in [4.69, 9.17) is 11.6 Å². The Morgan fingerprint density at radius 2 is 1.81 bits per heavy atom. The molecule has 1 unspecified atom stereocenters. The van der Waals surface area contributed by atoms with Gasteiger partial charge in [-0.2, -0.15) is 0 Å². The van der Waals surface area contributed by atoms with Crippen molar-refractivity contribution in [1.29, 1.82) is 0 Å². The highest BCUT2D eigenvalue weighted by atomic mass is 35.5. The van der Waals surface area contributed by atoms with E-state index in [0.29, 0.717) is 17.5 Å². The molecule has 2 N–H and O–H groups in total. The Kier molecular flexibility index (Phi) is 5.65. The number of nitrogens with one attached hydrogen (secondary N) is 1.